The summed E-state index contributed by atoms with van der Waals surface area (Å²) in [6.07, 6.45) is 2.42. The number of aromatic nitrogens is 2. The van der Waals surface area contributed by atoms with Gasteiger partial charge in [-0.15, -0.1) is 11.3 Å². The number of aryl methyl sites for hydroxylation is 1. The standard InChI is InChI=1S/C18H17ClN2O4S/c1-12-9-13(19)4-5-15(12)24-7-2-3-17(23)25-11-14-10-16(22)21-6-8-26-18(21)20-14/h4-6,8-10H,2-3,7,11H2,1H3. The van der Waals surface area contributed by atoms with Crippen molar-refractivity contribution < 1.29 is 14.3 Å². The number of hydrogen-bond donors (Lipinski definition) is 0. The molecule has 3 aromatic rings. The third kappa shape index (κ3) is 4.62. The number of halogens is 1. The minimum Gasteiger partial charge on any atom is -0.493 e. The summed E-state index contributed by atoms with van der Waals surface area (Å²) in [6, 6.07) is 6.77. The molecule has 2 aromatic heterocycles. The highest BCUT2D eigenvalue weighted by Crippen LogP contribution is 2.22. The van der Waals surface area contributed by atoms with E-state index in [1.165, 1.54) is 21.8 Å². The first-order chi connectivity index (χ1) is 12.5. The maximum absolute atomic E-state index is 11.9. The smallest absolute Gasteiger partial charge is 0.306 e. The summed E-state index contributed by atoms with van der Waals surface area (Å²) >= 11 is 7.25. The number of benzene rings is 1. The van der Waals surface area contributed by atoms with Crippen molar-refractivity contribution in [2.75, 3.05) is 6.61 Å². The number of hydrogen-bond acceptors (Lipinski definition) is 6. The van der Waals surface area contributed by atoms with Gasteiger partial charge >= 0.3 is 5.97 Å². The van der Waals surface area contributed by atoms with E-state index in [1.54, 1.807) is 23.7 Å². The molecule has 3 rings (SSSR count). The Labute approximate surface area is 159 Å². The van der Waals surface area contributed by atoms with E-state index in [0.717, 1.165) is 11.3 Å². The molecule has 0 fully saturated rings. The molecular weight excluding hydrogens is 376 g/mol. The molecule has 0 aliphatic rings. The molecule has 0 N–H and O–H groups in total. The maximum Gasteiger partial charge on any atom is 0.306 e. The normalized spacial score (nSPS) is 10.8. The Morgan fingerprint density at radius 2 is 2.19 bits per heavy atom. The molecule has 0 amide bonds. The number of nitrogens with zero attached hydrogens (tertiary/aromatic N) is 2. The molecule has 1 aromatic carbocycles. The van der Waals surface area contributed by atoms with E-state index in [4.69, 9.17) is 21.1 Å². The topological polar surface area (TPSA) is 69.9 Å². The van der Waals surface area contributed by atoms with Crippen LogP contribution in [0.4, 0.5) is 0 Å². The van der Waals surface area contributed by atoms with Crippen LogP contribution >= 0.6 is 22.9 Å². The van der Waals surface area contributed by atoms with Crippen molar-refractivity contribution in [3.05, 3.63) is 62.5 Å². The lowest BCUT2D eigenvalue weighted by Gasteiger charge is -2.09. The Bertz CT molecular complexity index is 983. The molecule has 0 atom stereocenters. The van der Waals surface area contributed by atoms with Crippen LogP contribution in [0.25, 0.3) is 4.96 Å². The third-order valence-corrected chi connectivity index (χ3v) is 4.65. The summed E-state index contributed by atoms with van der Waals surface area (Å²) in [5.41, 5.74) is 1.20. The molecular formula is C18H17ClN2O4S. The van der Waals surface area contributed by atoms with Crippen LogP contribution in [0, 0.1) is 6.92 Å². The van der Waals surface area contributed by atoms with Gasteiger partial charge < -0.3 is 9.47 Å². The number of rotatable bonds is 7. The monoisotopic (exact) mass is 392 g/mol. The Morgan fingerprint density at radius 3 is 3.00 bits per heavy atom. The molecule has 0 aliphatic carbocycles. The summed E-state index contributed by atoms with van der Waals surface area (Å²) in [5, 5.41) is 2.44. The second-order valence-corrected chi connectivity index (χ2v) is 6.97. The van der Waals surface area contributed by atoms with E-state index in [1.807, 2.05) is 13.0 Å². The maximum atomic E-state index is 11.9. The molecule has 6 nitrogen and oxygen atoms in total. The van der Waals surface area contributed by atoms with Gasteiger partial charge in [0.05, 0.1) is 12.3 Å². The zero-order valence-electron chi connectivity index (χ0n) is 14.1. The minimum atomic E-state index is -0.352. The van der Waals surface area contributed by atoms with Crippen molar-refractivity contribution >= 4 is 33.9 Å². The molecule has 26 heavy (non-hydrogen) atoms. The highest BCUT2D eigenvalue weighted by Gasteiger charge is 2.08. The van der Waals surface area contributed by atoms with E-state index < -0.39 is 0 Å². The van der Waals surface area contributed by atoms with Gasteiger partial charge in [-0.2, -0.15) is 0 Å². The number of ether oxygens (including phenoxy) is 2. The summed E-state index contributed by atoms with van der Waals surface area (Å²) < 4.78 is 12.3. The predicted octanol–water partition coefficient (Wildman–Crippen LogP) is 3.62. The summed E-state index contributed by atoms with van der Waals surface area (Å²) in [4.78, 5) is 28.6. The molecule has 0 radical (unpaired) electrons. The average Bonchev–Trinajstić information content (AvgIpc) is 3.07. The van der Waals surface area contributed by atoms with Gasteiger partial charge in [-0.1, -0.05) is 11.6 Å². The SMILES string of the molecule is Cc1cc(Cl)ccc1OCCCC(=O)OCc1cc(=O)n2ccsc2n1. The summed E-state index contributed by atoms with van der Waals surface area (Å²) in [6.45, 7) is 2.30. The Balaban J connectivity index is 1.43. The molecule has 8 heteroatoms. The molecule has 0 aliphatic heterocycles. The van der Waals surface area contributed by atoms with Crippen molar-refractivity contribution in [3.63, 3.8) is 0 Å². The quantitative estimate of drug-likeness (QED) is 0.453. The summed E-state index contributed by atoms with van der Waals surface area (Å²) in [5.74, 6) is 0.395. The molecule has 0 saturated carbocycles. The van der Waals surface area contributed by atoms with Crippen LogP contribution in [0.5, 0.6) is 5.75 Å². The van der Waals surface area contributed by atoms with E-state index in [9.17, 15) is 9.59 Å². The fourth-order valence-corrected chi connectivity index (χ4v) is 3.33. The zero-order chi connectivity index (χ0) is 18.5. The lowest BCUT2D eigenvalue weighted by molar-refractivity contribution is -0.145. The Morgan fingerprint density at radius 1 is 1.35 bits per heavy atom. The van der Waals surface area contributed by atoms with Crippen molar-refractivity contribution in [2.45, 2.75) is 26.4 Å². The second kappa shape index (κ2) is 8.33. The van der Waals surface area contributed by atoms with E-state index >= 15 is 0 Å². The highest BCUT2D eigenvalue weighted by molar-refractivity contribution is 7.15. The Hall–Kier alpha value is -2.38. The van der Waals surface area contributed by atoms with E-state index in [0.29, 0.717) is 28.7 Å². The number of carbonyl (C=O) groups is 1. The molecule has 0 unspecified atom stereocenters. The van der Waals surface area contributed by atoms with Gasteiger partial charge in [-0.3, -0.25) is 14.0 Å². The fourth-order valence-electron chi connectivity index (χ4n) is 2.36. The molecule has 0 bridgehead atoms. The Kier molecular flexibility index (Phi) is 5.90. The van der Waals surface area contributed by atoms with Crippen molar-refractivity contribution in [1.82, 2.24) is 9.38 Å². The van der Waals surface area contributed by atoms with E-state index in [-0.39, 0.29) is 24.6 Å². The molecule has 0 saturated heterocycles. The largest absolute Gasteiger partial charge is 0.493 e. The van der Waals surface area contributed by atoms with Gasteiger partial charge in [0, 0.05) is 29.1 Å². The van der Waals surface area contributed by atoms with E-state index in [2.05, 4.69) is 4.98 Å². The fraction of sp³-hybridized carbons (Fsp3) is 0.278. The number of esters is 1. The predicted molar refractivity (Wildman–Crippen MR) is 100 cm³/mol. The van der Waals surface area contributed by atoms with Crippen LogP contribution < -0.4 is 10.3 Å². The van der Waals surface area contributed by atoms with Gasteiger partial charge in [-0.25, -0.2) is 4.98 Å². The van der Waals surface area contributed by atoms with Crippen LogP contribution in [0.2, 0.25) is 5.02 Å². The summed E-state index contributed by atoms with van der Waals surface area (Å²) in [7, 11) is 0. The van der Waals surface area contributed by atoms with Gasteiger partial charge in [-0.05, 0) is 37.1 Å². The van der Waals surface area contributed by atoms with Crippen LogP contribution in [0.1, 0.15) is 24.1 Å². The van der Waals surface area contributed by atoms with Crippen LogP contribution in [-0.2, 0) is 16.1 Å². The van der Waals surface area contributed by atoms with Gasteiger partial charge in [0.2, 0.25) is 0 Å². The average molecular weight is 393 g/mol. The first kappa shape index (κ1) is 18.4. The number of thiazole rings is 1. The number of carbonyl (C=O) groups excluding carboxylic acids is 1. The number of fused-ring (bicyclic) bond motifs is 1. The molecule has 136 valence electrons. The third-order valence-electron chi connectivity index (χ3n) is 3.66. The zero-order valence-corrected chi connectivity index (χ0v) is 15.7. The van der Waals surface area contributed by atoms with Crippen LogP contribution in [0.15, 0.2) is 40.6 Å². The lowest BCUT2D eigenvalue weighted by atomic mass is 10.2. The first-order valence-electron chi connectivity index (χ1n) is 8.03. The van der Waals surface area contributed by atoms with Gasteiger partial charge in [0.25, 0.3) is 5.56 Å². The second-order valence-electron chi connectivity index (χ2n) is 5.66. The van der Waals surface area contributed by atoms with Gasteiger partial charge in [0.1, 0.15) is 12.4 Å². The first-order valence-corrected chi connectivity index (χ1v) is 9.29. The van der Waals surface area contributed by atoms with Crippen LogP contribution in [0.3, 0.4) is 0 Å². The van der Waals surface area contributed by atoms with Crippen molar-refractivity contribution in [2.24, 2.45) is 0 Å². The minimum absolute atomic E-state index is 0.0143. The highest BCUT2D eigenvalue weighted by atomic mass is 35.5. The van der Waals surface area contributed by atoms with Crippen molar-refractivity contribution in [1.29, 1.82) is 0 Å². The van der Waals surface area contributed by atoms with Crippen LogP contribution in [-0.4, -0.2) is 22.0 Å². The van der Waals surface area contributed by atoms with Gasteiger partial charge in [0.15, 0.2) is 4.96 Å². The molecule has 2 heterocycles. The lowest BCUT2D eigenvalue weighted by Crippen LogP contribution is -2.14. The molecule has 0 spiro atoms. The van der Waals surface area contributed by atoms with Crippen molar-refractivity contribution in [3.8, 4) is 5.75 Å².